The molecule has 0 spiro atoms. The number of hydrogen-bond donors (Lipinski definition) is 2. The van der Waals surface area contributed by atoms with Crippen LogP contribution in [0.15, 0.2) is 30.3 Å². The van der Waals surface area contributed by atoms with Crippen LogP contribution in [-0.2, 0) is 6.42 Å². The standard InChI is InChI=1S/C17H18FN3O3/c1-24-17-9-15(16(21(22)23)8-13(17)18)20-14-4-2-3-10-7-11(19)5-6-12(10)14/h5-9,14,20H,2-4,19H2,1H3. The normalized spacial score (nSPS) is 16.3. The number of aryl methyl sites for hydroxylation is 1. The van der Waals surface area contributed by atoms with Crippen LogP contribution < -0.4 is 15.8 Å². The highest BCUT2D eigenvalue weighted by atomic mass is 19.1. The SMILES string of the molecule is COc1cc(NC2CCCc3cc(N)ccc32)c([N+](=O)[O-])cc1F. The van der Waals surface area contributed by atoms with E-state index in [0.29, 0.717) is 5.69 Å². The van der Waals surface area contributed by atoms with Gasteiger partial charge in [-0.05, 0) is 42.5 Å². The molecule has 0 aliphatic heterocycles. The van der Waals surface area contributed by atoms with Crippen molar-refractivity contribution in [2.75, 3.05) is 18.2 Å². The fourth-order valence-electron chi connectivity index (χ4n) is 3.14. The van der Waals surface area contributed by atoms with Gasteiger partial charge in [0.15, 0.2) is 11.6 Å². The van der Waals surface area contributed by atoms with Gasteiger partial charge < -0.3 is 15.8 Å². The third-order valence-electron chi connectivity index (χ3n) is 4.28. The number of nitrogens with one attached hydrogen (secondary N) is 1. The van der Waals surface area contributed by atoms with E-state index >= 15 is 0 Å². The molecule has 1 aliphatic rings. The highest BCUT2D eigenvalue weighted by Crippen LogP contribution is 2.38. The van der Waals surface area contributed by atoms with E-state index in [4.69, 9.17) is 10.5 Å². The van der Waals surface area contributed by atoms with E-state index in [1.54, 1.807) is 0 Å². The van der Waals surface area contributed by atoms with Crippen LogP contribution in [0.3, 0.4) is 0 Å². The van der Waals surface area contributed by atoms with Gasteiger partial charge in [-0.2, -0.15) is 0 Å². The number of methoxy groups -OCH3 is 1. The van der Waals surface area contributed by atoms with E-state index in [9.17, 15) is 14.5 Å². The van der Waals surface area contributed by atoms with Crippen LogP contribution in [0.1, 0.15) is 30.0 Å². The molecule has 3 rings (SSSR count). The molecule has 0 aromatic heterocycles. The molecule has 2 aromatic rings. The summed E-state index contributed by atoms with van der Waals surface area (Å²) in [6.07, 6.45) is 2.70. The second-order valence-corrected chi connectivity index (χ2v) is 5.81. The number of hydrogen-bond acceptors (Lipinski definition) is 5. The maximum Gasteiger partial charge on any atom is 0.295 e. The van der Waals surface area contributed by atoms with E-state index < -0.39 is 10.7 Å². The Kier molecular flexibility index (Phi) is 4.24. The number of benzene rings is 2. The van der Waals surface area contributed by atoms with Crippen molar-refractivity contribution >= 4 is 17.1 Å². The Labute approximate surface area is 138 Å². The molecule has 0 saturated heterocycles. The predicted molar refractivity (Wildman–Crippen MR) is 89.8 cm³/mol. The monoisotopic (exact) mass is 331 g/mol. The molecule has 24 heavy (non-hydrogen) atoms. The van der Waals surface area contributed by atoms with Crippen LogP contribution in [0, 0.1) is 15.9 Å². The molecule has 0 fully saturated rings. The molecule has 6 nitrogen and oxygen atoms in total. The number of nitrogen functional groups attached to an aromatic ring is 1. The van der Waals surface area contributed by atoms with Crippen molar-refractivity contribution in [3.05, 3.63) is 57.4 Å². The minimum atomic E-state index is -0.758. The summed E-state index contributed by atoms with van der Waals surface area (Å²) < 4.78 is 18.7. The molecule has 0 heterocycles. The van der Waals surface area contributed by atoms with Crippen molar-refractivity contribution < 1.29 is 14.1 Å². The molecule has 1 aliphatic carbocycles. The fourth-order valence-corrected chi connectivity index (χ4v) is 3.14. The number of fused-ring (bicyclic) bond motifs is 1. The van der Waals surface area contributed by atoms with Gasteiger partial charge >= 0.3 is 0 Å². The Balaban J connectivity index is 1.99. The van der Waals surface area contributed by atoms with Gasteiger partial charge in [-0.3, -0.25) is 10.1 Å². The first kappa shape index (κ1) is 16.0. The topological polar surface area (TPSA) is 90.4 Å². The number of nitro groups is 1. The lowest BCUT2D eigenvalue weighted by Crippen LogP contribution is -2.18. The Morgan fingerprint density at radius 2 is 2.17 bits per heavy atom. The van der Waals surface area contributed by atoms with Gasteiger partial charge in [0.1, 0.15) is 5.69 Å². The van der Waals surface area contributed by atoms with Crippen LogP contribution in [-0.4, -0.2) is 12.0 Å². The second-order valence-electron chi connectivity index (χ2n) is 5.81. The van der Waals surface area contributed by atoms with Crippen molar-refractivity contribution in [3.63, 3.8) is 0 Å². The lowest BCUT2D eigenvalue weighted by atomic mass is 9.87. The molecule has 0 saturated carbocycles. The van der Waals surface area contributed by atoms with Gasteiger partial charge in [0.05, 0.1) is 24.1 Å². The lowest BCUT2D eigenvalue weighted by Gasteiger charge is -2.27. The maximum absolute atomic E-state index is 13.8. The third-order valence-corrected chi connectivity index (χ3v) is 4.28. The molecule has 1 atom stereocenters. The second kappa shape index (κ2) is 6.35. The summed E-state index contributed by atoms with van der Waals surface area (Å²) in [5.41, 5.74) is 8.66. The number of ether oxygens (including phenoxy) is 1. The summed E-state index contributed by atoms with van der Waals surface area (Å²) in [5, 5.41) is 14.4. The van der Waals surface area contributed by atoms with Crippen molar-refractivity contribution in [2.45, 2.75) is 25.3 Å². The van der Waals surface area contributed by atoms with E-state index in [-0.39, 0.29) is 23.2 Å². The first-order valence-corrected chi connectivity index (χ1v) is 7.66. The minimum absolute atomic E-state index is 0.0311. The third kappa shape index (κ3) is 2.97. The van der Waals surface area contributed by atoms with Crippen LogP contribution in [0.4, 0.5) is 21.5 Å². The van der Waals surface area contributed by atoms with Crippen LogP contribution in [0.5, 0.6) is 5.75 Å². The number of nitrogens with two attached hydrogens (primary N) is 1. The predicted octanol–water partition coefficient (Wildman–Crippen LogP) is 3.81. The molecule has 0 radical (unpaired) electrons. The van der Waals surface area contributed by atoms with Crippen molar-refractivity contribution in [1.29, 1.82) is 0 Å². The molecular formula is C17H18FN3O3. The highest BCUT2D eigenvalue weighted by molar-refractivity contribution is 5.66. The smallest absolute Gasteiger partial charge is 0.295 e. The molecule has 1 unspecified atom stereocenters. The van der Waals surface area contributed by atoms with E-state index in [0.717, 1.165) is 36.5 Å². The van der Waals surface area contributed by atoms with Crippen molar-refractivity contribution in [3.8, 4) is 5.75 Å². The Morgan fingerprint density at radius 3 is 2.88 bits per heavy atom. The molecule has 3 N–H and O–H groups in total. The van der Waals surface area contributed by atoms with Crippen molar-refractivity contribution in [1.82, 2.24) is 0 Å². The summed E-state index contributed by atoms with van der Waals surface area (Å²) in [4.78, 5) is 10.6. The quantitative estimate of drug-likeness (QED) is 0.505. The van der Waals surface area contributed by atoms with Gasteiger partial charge in [-0.25, -0.2) is 4.39 Å². The molecule has 0 bridgehead atoms. The van der Waals surface area contributed by atoms with E-state index in [2.05, 4.69) is 5.32 Å². The minimum Gasteiger partial charge on any atom is -0.494 e. The average molecular weight is 331 g/mol. The maximum atomic E-state index is 13.8. The first-order valence-electron chi connectivity index (χ1n) is 7.66. The molecule has 126 valence electrons. The number of nitro benzene ring substituents is 1. The number of anilines is 2. The summed E-state index contributed by atoms with van der Waals surface area (Å²) >= 11 is 0. The largest absolute Gasteiger partial charge is 0.494 e. The average Bonchev–Trinajstić information content (AvgIpc) is 2.55. The molecule has 2 aromatic carbocycles. The first-order chi connectivity index (χ1) is 11.5. The van der Waals surface area contributed by atoms with Crippen LogP contribution in [0.25, 0.3) is 0 Å². The van der Waals surface area contributed by atoms with E-state index in [1.165, 1.54) is 13.2 Å². The Hall–Kier alpha value is -2.83. The fraction of sp³-hybridized carbons (Fsp3) is 0.294. The van der Waals surface area contributed by atoms with Gasteiger partial charge in [0.2, 0.25) is 0 Å². The zero-order valence-electron chi connectivity index (χ0n) is 13.2. The lowest BCUT2D eigenvalue weighted by molar-refractivity contribution is -0.384. The summed E-state index contributed by atoms with van der Waals surface area (Å²) in [6.45, 7) is 0. The highest BCUT2D eigenvalue weighted by Gasteiger charge is 2.25. The Morgan fingerprint density at radius 1 is 1.38 bits per heavy atom. The number of nitrogens with zero attached hydrogens (tertiary/aromatic N) is 1. The van der Waals surface area contributed by atoms with Gasteiger partial charge in [-0.15, -0.1) is 0 Å². The summed E-state index contributed by atoms with van der Waals surface area (Å²) in [7, 11) is 1.33. The zero-order valence-corrected chi connectivity index (χ0v) is 13.2. The summed E-state index contributed by atoms with van der Waals surface area (Å²) in [5.74, 6) is -0.789. The molecule has 0 amide bonds. The Bertz CT molecular complexity index is 795. The van der Waals surface area contributed by atoms with Crippen LogP contribution in [0.2, 0.25) is 0 Å². The van der Waals surface area contributed by atoms with E-state index in [1.807, 2.05) is 18.2 Å². The summed E-state index contributed by atoms with van der Waals surface area (Å²) in [6, 6.07) is 7.81. The van der Waals surface area contributed by atoms with Gasteiger partial charge in [-0.1, -0.05) is 6.07 Å². The van der Waals surface area contributed by atoms with Gasteiger partial charge in [0, 0.05) is 11.8 Å². The molecule has 7 heteroatoms. The molecular weight excluding hydrogens is 313 g/mol. The van der Waals surface area contributed by atoms with Gasteiger partial charge in [0.25, 0.3) is 5.69 Å². The van der Waals surface area contributed by atoms with Crippen molar-refractivity contribution in [2.24, 2.45) is 0 Å². The number of rotatable bonds is 4. The number of halogens is 1. The van der Waals surface area contributed by atoms with Crippen LogP contribution >= 0.6 is 0 Å². The zero-order chi connectivity index (χ0) is 17.3.